The van der Waals surface area contributed by atoms with E-state index in [0.717, 1.165) is 23.2 Å². The number of anilines is 2. The maximum atomic E-state index is 11.9. The molecule has 0 bridgehead atoms. The van der Waals surface area contributed by atoms with Gasteiger partial charge in [-0.25, -0.2) is 8.42 Å². The molecule has 2 rings (SSSR count). The van der Waals surface area contributed by atoms with E-state index in [1.165, 1.54) is 6.92 Å². The summed E-state index contributed by atoms with van der Waals surface area (Å²) < 4.78 is 25.4. The molecule has 0 fully saturated rings. The van der Waals surface area contributed by atoms with Crippen LogP contribution < -0.4 is 11.1 Å². The molecule has 7 nitrogen and oxygen atoms in total. The zero-order chi connectivity index (χ0) is 15.8. The lowest BCUT2D eigenvalue weighted by Gasteiger charge is -2.05. The summed E-state index contributed by atoms with van der Waals surface area (Å²) >= 11 is 1.06. The van der Waals surface area contributed by atoms with Gasteiger partial charge in [0, 0.05) is 38.5 Å². The van der Waals surface area contributed by atoms with Crippen LogP contribution in [0.4, 0.5) is 10.7 Å². The van der Waals surface area contributed by atoms with Crippen molar-refractivity contribution in [2.24, 2.45) is 7.05 Å². The number of Topliss-reactive ketones (excluding diaryl/α,β-unsaturated/α-hetero) is 1. The maximum absolute atomic E-state index is 11.9. The molecule has 0 aliphatic rings. The third kappa shape index (κ3) is 3.24. The number of nitrogens with one attached hydrogen (secondary N) is 1. The second-order valence-electron chi connectivity index (χ2n) is 4.71. The fourth-order valence-electron chi connectivity index (χ4n) is 1.92. The average molecular weight is 328 g/mol. The van der Waals surface area contributed by atoms with Crippen LogP contribution in [-0.4, -0.2) is 30.2 Å². The Morgan fingerprint density at radius 2 is 2.19 bits per heavy atom. The van der Waals surface area contributed by atoms with Crippen molar-refractivity contribution < 1.29 is 13.2 Å². The van der Waals surface area contributed by atoms with Crippen LogP contribution in [0, 0.1) is 0 Å². The van der Waals surface area contributed by atoms with Crippen molar-refractivity contribution in [3.8, 4) is 0 Å². The van der Waals surface area contributed by atoms with Crippen LogP contribution >= 0.6 is 11.3 Å². The summed E-state index contributed by atoms with van der Waals surface area (Å²) in [6, 6.07) is 0. The normalized spacial score (nSPS) is 11.6. The summed E-state index contributed by atoms with van der Waals surface area (Å²) in [5.41, 5.74) is 6.73. The number of ketones is 1. The van der Waals surface area contributed by atoms with E-state index in [9.17, 15) is 13.2 Å². The zero-order valence-corrected chi connectivity index (χ0v) is 13.5. The molecule has 0 spiro atoms. The van der Waals surface area contributed by atoms with E-state index < -0.39 is 9.84 Å². The summed E-state index contributed by atoms with van der Waals surface area (Å²) in [4.78, 5) is 11.8. The van der Waals surface area contributed by atoms with Crippen LogP contribution in [-0.2, 0) is 23.4 Å². The van der Waals surface area contributed by atoms with E-state index in [4.69, 9.17) is 5.73 Å². The first kappa shape index (κ1) is 15.5. The van der Waals surface area contributed by atoms with Crippen LogP contribution in [0.25, 0.3) is 0 Å². The highest BCUT2D eigenvalue weighted by molar-refractivity contribution is 7.91. The summed E-state index contributed by atoms with van der Waals surface area (Å²) in [7, 11) is -1.73. The first-order valence-corrected chi connectivity index (χ1v) is 8.75. The zero-order valence-electron chi connectivity index (χ0n) is 11.9. The van der Waals surface area contributed by atoms with E-state index in [1.54, 1.807) is 17.9 Å². The smallest absolute Gasteiger partial charge is 0.180 e. The second-order valence-corrected chi connectivity index (χ2v) is 7.68. The Morgan fingerprint density at radius 1 is 1.52 bits per heavy atom. The maximum Gasteiger partial charge on any atom is 0.180 e. The quantitative estimate of drug-likeness (QED) is 0.801. The summed E-state index contributed by atoms with van der Waals surface area (Å²) in [6.07, 6.45) is 4.57. The van der Waals surface area contributed by atoms with Crippen molar-refractivity contribution in [3.05, 3.63) is 22.8 Å². The lowest BCUT2D eigenvalue weighted by atomic mass is 10.3. The van der Waals surface area contributed by atoms with Gasteiger partial charge in [-0.05, 0) is 0 Å². The first-order valence-electron chi connectivity index (χ1n) is 6.04. The molecule has 114 valence electrons. The molecule has 0 saturated carbocycles. The molecule has 2 aromatic heterocycles. The van der Waals surface area contributed by atoms with Crippen LogP contribution in [0.5, 0.6) is 0 Å². The number of aryl methyl sites for hydroxylation is 1. The van der Waals surface area contributed by atoms with Crippen molar-refractivity contribution in [1.29, 1.82) is 0 Å². The molecular weight excluding hydrogens is 312 g/mol. The number of nitrogens with zero attached hydrogens (tertiary/aromatic N) is 2. The van der Waals surface area contributed by atoms with Gasteiger partial charge in [0.05, 0.1) is 16.8 Å². The Kier molecular flexibility index (Phi) is 4.06. The number of sulfone groups is 1. The van der Waals surface area contributed by atoms with Gasteiger partial charge in [-0.1, -0.05) is 0 Å². The highest BCUT2D eigenvalue weighted by Crippen LogP contribution is 2.39. The SMILES string of the molecule is CC(=O)c1sc(NCc2cnn(C)c2)c(S(C)(=O)=O)c1N. The molecule has 0 radical (unpaired) electrons. The minimum atomic E-state index is -3.53. The molecule has 0 unspecified atom stereocenters. The predicted molar refractivity (Wildman–Crippen MR) is 82.4 cm³/mol. The van der Waals surface area contributed by atoms with Gasteiger partial charge in [-0.3, -0.25) is 9.48 Å². The van der Waals surface area contributed by atoms with Crippen LogP contribution in [0.15, 0.2) is 17.3 Å². The molecule has 3 N–H and O–H groups in total. The standard InChI is InChI=1S/C12H16N4O3S2/c1-7(17)10-9(13)11(21(3,18)19)12(20-10)14-4-8-5-15-16(2)6-8/h5-6,14H,4,13H2,1-3H3. The number of aromatic nitrogens is 2. The van der Waals surface area contributed by atoms with Crippen LogP contribution in [0.3, 0.4) is 0 Å². The summed E-state index contributed by atoms with van der Waals surface area (Å²) in [5, 5.41) is 7.43. The van der Waals surface area contributed by atoms with Gasteiger partial charge in [-0.2, -0.15) is 5.10 Å². The summed E-state index contributed by atoms with van der Waals surface area (Å²) in [6.45, 7) is 1.76. The van der Waals surface area contributed by atoms with Crippen molar-refractivity contribution in [2.45, 2.75) is 18.4 Å². The minimum absolute atomic E-state index is 0.0124. The van der Waals surface area contributed by atoms with Gasteiger partial charge in [-0.15, -0.1) is 11.3 Å². The molecule has 2 aromatic rings. The van der Waals surface area contributed by atoms with Gasteiger partial charge in [0.1, 0.15) is 9.90 Å². The van der Waals surface area contributed by atoms with Crippen LogP contribution in [0.2, 0.25) is 0 Å². The van der Waals surface area contributed by atoms with Gasteiger partial charge in [0.2, 0.25) is 0 Å². The number of rotatable bonds is 5. The molecule has 0 aliphatic carbocycles. The van der Waals surface area contributed by atoms with Gasteiger partial charge >= 0.3 is 0 Å². The number of hydrogen-bond donors (Lipinski definition) is 2. The first-order chi connectivity index (χ1) is 9.70. The fraction of sp³-hybridized carbons (Fsp3) is 0.333. The lowest BCUT2D eigenvalue weighted by Crippen LogP contribution is -2.06. The van der Waals surface area contributed by atoms with E-state index in [-0.39, 0.29) is 21.2 Å². The van der Waals surface area contributed by atoms with Crippen molar-refractivity contribution in [3.63, 3.8) is 0 Å². The van der Waals surface area contributed by atoms with Crippen molar-refractivity contribution in [2.75, 3.05) is 17.3 Å². The molecule has 21 heavy (non-hydrogen) atoms. The number of nitrogen functional groups attached to an aromatic ring is 1. The topological polar surface area (TPSA) is 107 Å². The van der Waals surface area contributed by atoms with E-state index >= 15 is 0 Å². The van der Waals surface area contributed by atoms with Gasteiger partial charge in [0.25, 0.3) is 0 Å². The lowest BCUT2D eigenvalue weighted by molar-refractivity contribution is 0.102. The molecule has 2 heterocycles. The molecule has 0 aliphatic heterocycles. The van der Waals surface area contributed by atoms with Crippen LogP contribution in [0.1, 0.15) is 22.2 Å². The molecule has 0 amide bonds. The molecule has 0 saturated heterocycles. The molecule has 0 aromatic carbocycles. The van der Waals surface area contributed by atoms with E-state index in [2.05, 4.69) is 10.4 Å². The highest BCUT2D eigenvalue weighted by Gasteiger charge is 2.25. The Balaban J connectivity index is 2.38. The molecule has 9 heteroatoms. The van der Waals surface area contributed by atoms with Gasteiger partial charge in [0.15, 0.2) is 15.6 Å². The van der Waals surface area contributed by atoms with Gasteiger partial charge < -0.3 is 11.1 Å². The Hall–Kier alpha value is -1.87. The highest BCUT2D eigenvalue weighted by atomic mass is 32.2. The summed E-state index contributed by atoms with van der Waals surface area (Å²) in [5.74, 6) is -0.253. The monoisotopic (exact) mass is 328 g/mol. The molecular formula is C12H16N4O3S2. The number of carbonyl (C=O) groups excluding carboxylic acids is 1. The average Bonchev–Trinajstić information content (AvgIpc) is 2.89. The second kappa shape index (κ2) is 5.49. The Morgan fingerprint density at radius 3 is 2.67 bits per heavy atom. The van der Waals surface area contributed by atoms with E-state index in [0.29, 0.717) is 11.5 Å². The van der Waals surface area contributed by atoms with E-state index in [1.807, 2.05) is 6.20 Å². The molecule has 0 atom stereocenters. The Labute approximate surface area is 126 Å². The predicted octanol–water partition coefficient (Wildman–Crippen LogP) is 1.28. The fourth-order valence-corrected chi connectivity index (χ4v) is 4.38. The number of nitrogens with two attached hydrogens (primary N) is 1. The largest absolute Gasteiger partial charge is 0.396 e. The number of hydrogen-bond acceptors (Lipinski definition) is 7. The van der Waals surface area contributed by atoms with Crippen molar-refractivity contribution in [1.82, 2.24) is 9.78 Å². The third-order valence-electron chi connectivity index (χ3n) is 2.80. The minimum Gasteiger partial charge on any atom is -0.396 e. The number of thiophene rings is 1. The number of carbonyl (C=O) groups is 1. The Bertz CT molecular complexity index is 790. The van der Waals surface area contributed by atoms with Crippen molar-refractivity contribution >= 4 is 37.6 Å². The third-order valence-corrected chi connectivity index (χ3v) is 5.36.